The first-order chi connectivity index (χ1) is 13.7. The molecule has 1 atom stereocenters. The minimum Gasteiger partial charge on any atom is -0.349 e. The van der Waals surface area contributed by atoms with Crippen molar-refractivity contribution in [2.24, 2.45) is 0 Å². The molecular formula is C21H23N5OS. The minimum atomic E-state index is -0.0513. The molecule has 7 heteroatoms. The third-order valence-electron chi connectivity index (χ3n) is 5.07. The van der Waals surface area contributed by atoms with Gasteiger partial charge in [-0.25, -0.2) is 4.98 Å². The quantitative estimate of drug-likeness (QED) is 0.674. The molecule has 0 radical (unpaired) electrons. The molecule has 3 heterocycles. The maximum atomic E-state index is 12.7. The molecule has 6 nitrogen and oxygen atoms in total. The molecule has 0 fully saturated rings. The summed E-state index contributed by atoms with van der Waals surface area (Å²) in [7, 11) is 0. The average molecular weight is 394 g/mol. The van der Waals surface area contributed by atoms with Crippen molar-refractivity contribution in [3.63, 3.8) is 0 Å². The van der Waals surface area contributed by atoms with Crippen molar-refractivity contribution < 1.29 is 4.79 Å². The van der Waals surface area contributed by atoms with Crippen molar-refractivity contribution in [2.75, 3.05) is 6.26 Å². The van der Waals surface area contributed by atoms with Crippen LogP contribution < -0.4 is 5.32 Å². The predicted octanol–water partition coefficient (Wildman–Crippen LogP) is 3.12. The predicted molar refractivity (Wildman–Crippen MR) is 109 cm³/mol. The summed E-state index contributed by atoms with van der Waals surface area (Å²) < 4.78 is 2.22. The van der Waals surface area contributed by atoms with Crippen LogP contribution in [0.5, 0.6) is 0 Å². The molecule has 0 saturated heterocycles. The molecule has 2 aromatic heterocycles. The van der Waals surface area contributed by atoms with Crippen LogP contribution in [0.3, 0.4) is 0 Å². The fourth-order valence-electron chi connectivity index (χ4n) is 3.59. The van der Waals surface area contributed by atoms with Crippen LogP contribution in [-0.2, 0) is 19.4 Å². The first-order valence-corrected chi connectivity index (χ1v) is 10.7. The van der Waals surface area contributed by atoms with E-state index in [9.17, 15) is 4.79 Å². The number of hydrogen-bond donors (Lipinski definition) is 1. The zero-order valence-corrected chi connectivity index (χ0v) is 16.7. The summed E-state index contributed by atoms with van der Waals surface area (Å²) in [6.07, 6.45) is 6.98. The Morgan fingerprint density at radius 3 is 2.86 bits per heavy atom. The monoisotopic (exact) mass is 393 g/mol. The molecule has 1 aliphatic heterocycles. The van der Waals surface area contributed by atoms with Gasteiger partial charge in [0.15, 0.2) is 0 Å². The second-order valence-corrected chi connectivity index (χ2v) is 7.70. The Bertz CT molecular complexity index is 956. The van der Waals surface area contributed by atoms with Gasteiger partial charge in [-0.2, -0.15) is 0 Å². The Kier molecular flexibility index (Phi) is 5.71. The van der Waals surface area contributed by atoms with Crippen LogP contribution in [0, 0.1) is 0 Å². The van der Waals surface area contributed by atoms with E-state index in [1.807, 2.05) is 30.5 Å². The Balaban J connectivity index is 1.43. The molecule has 28 heavy (non-hydrogen) atoms. The van der Waals surface area contributed by atoms with E-state index in [1.165, 1.54) is 17.3 Å². The lowest BCUT2D eigenvalue weighted by atomic mass is 10.1. The molecule has 1 aromatic carbocycles. The van der Waals surface area contributed by atoms with Crippen LogP contribution in [0.4, 0.5) is 0 Å². The van der Waals surface area contributed by atoms with Crippen LogP contribution in [0.1, 0.15) is 40.4 Å². The lowest BCUT2D eigenvalue weighted by Gasteiger charge is -2.17. The average Bonchev–Trinajstić information content (AvgIpc) is 3.00. The number of fused-ring (bicyclic) bond motifs is 1. The highest BCUT2D eigenvalue weighted by atomic mass is 32.2. The van der Waals surface area contributed by atoms with E-state index < -0.39 is 0 Å². The van der Waals surface area contributed by atoms with Crippen molar-refractivity contribution in [3.8, 4) is 0 Å². The number of aryl methyl sites for hydroxylation is 1. The molecule has 1 unspecified atom stereocenters. The Hall–Kier alpha value is -2.67. The lowest BCUT2D eigenvalue weighted by Crippen LogP contribution is -2.35. The Morgan fingerprint density at radius 2 is 2.04 bits per heavy atom. The molecule has 144 valence electrons. The number of rotatable bonds is 5. The zero-order valence-electron chi connectivity index (χ0n) is 15.8. The first-order valence-electron chi connectivity index (χ1n) is 9.49. The summed E-state index contributed by atoms with van der Waals surface area (Å²) in [6, 6.07) is 14.1. The van der Waals surface area contributed by atoms with Crippen LogP contribution in [0.2, 0.25) is 0 Å². The molecule has 1 N–H and O–H groups in total. The minimum absolute atomic E-state index is 0.0513. The van der Waals surface area contributed by atoms with Gasteiger partial charge in [-0.3, -0.25) is 4.79 Å². The van der Waals surface area contributed by atoms with E-state index in [-0.39, 0.29) is 11.9 Å². The SMILES string of the molecule is CSc1ncccc1C(=O)NC1CCc2nnc(Cc3ccccc3)n2CC1. The van der Waals surface area contributed by atoms with E-state index >= 15 is 0 Å². The maximum absolute atomic E-state index is 12.7. The van der Waals surface area contributed by atoms with E-state index in [4.69, 9.17) is 0 Å². The van der Waals surface area contributed by atoms with E-state index in [0.717, 1.165) is 48.9 Å². The lowest BCUT2D eigenvalue weighted by molar-refractivity contribution is 0.0929. The van der Waals surface area contributed by atoms with Crippen LogP contribution in [0.25, 0.3) is 0 Å². The molecule has 0 saturated carbocycles. The smallest absolute Gasteiger partial charge is 0.254 e. The van der Waals surface area contributed by atoms with Crippen molar-refractivity contribution in [3.05, 3.63) is 71.4 Å². The molecule has 1 aliphatic rings. The first kappa shape index (κ1) is 18.7. The zero-order chi connectivity index (χ0) is 19.3. The van der Waals surface area contributed by atoms with Gasteiger partial charge in [-0.15, -0.1) is 22.0 Å². The number of thioether (sulfide) groups is 1. The molecule has 4 rings (SSSR count). The highest BCUT2D eigenvalue weighted by molar-refractivity contribution is 7.98. The third kappa shape index (κ3) is 4.09. The van der Waals surface area contributed by atoms with Crippen LogP contribution in [0.15, 0.2) is 53.7 Å². The van der Waals surface area contributed by atoms with Crippen LogP contribution in [-0.4, -0.2) is 38.0 Å². The fraction of sp³-hybridized carbons (Fsp3) is 0.333. The summed E-state index contributed by atoms with van der Waals surface area (Å²) in [4.78, 5) is 17.0. The van der Waals surface area contributed by atoms with Crippen LogP contribution >= 0.6 is 11.8 Å². The normalized spacial score (nSPS) is 16.2. The number of carbonyl (C=O) groups excluding carboxylic acids is 1. The summed E-state index contributed by atoms with van der Waals surface area (Å²) in [6.45, 7) is 0.817. The van der Waals surface area contributed by atoms with Gasteiger partial charge in [0.05, 0.1) is 5.56 Å². The summed E-state index contributed by atoms with van der Waals surface area (Å²) in [5.41, 5.74) is 1.87. The summed E-state index contributed by atoms with van der Waals surface area (Å²) >= 11 is 1.49. The largest absolute Gasteiger partial charge is 0.349 e. The highest BCUT2D eigenvalue weighted by Crippen LogP contribution is 2.20. The second kappa shape index (κ2) is 8.56. The van der Waals surface area contributed by atoms with Gasteiger partial charge in [0.2, 0.25) is 0 Å². The Morgan fingerprint density at radius 1 is 1.18 bits per heavy atom. The molecule has 1 amide bonds. The Labute approximate surface area is 168 Å². The molecule has 0 aliphatic carbocycles. The number of nitrogens with one attached hydrogen (secondary N) is 1. The molecule has 3 aromatic rings. The van der Waals surface area contributed by atoms with Gasteiger partial charge in [-0.1, -0.05) is 30.3 Å². The van der Waals surface area contributed by atoms with Crippen molar-refractivity contribution >= 4 is 17.7 Å². The van der Waals surface area contributed by atoms with Gasteiger partial charge in [-0.05, 0) is 36.8 Å². The van der Waals surface area contributed by atoms with Crippen molar-refractivity contribution in [2.45, 2.75) is 43.3 Å². The van der Waals surface area contributed by atoms with Crippen molar-refractivity contribution in [1.29, 1.82) is 0 Å². The number of nitrogens with zero attached hydrogens (tertiary/aromatic N) is 4. The van der Waals surface area contributed by atoms with Crippen molar-refractivity contribution in [1.82, 2.24) is 25.1 Å². The van der Waals surface area contributed by atoms with E-state index in [0.29, 0.717) is 5.56 Å². The van der Waals surface area contributed by atoms with Gasteiger partial charge >= 0.3 is 0 Å². The van der Waals surface area contributed by atoms with Gasteiger partial charge in [0, 0.05) is 31.6 Å². The van der Waals surface area contributed by atoms with E-state index in [1.54, 1.807) is 12.3 Å². The third-order valence-corrected chi connectivity index (χ3v) is 5.78. The topological polar surface area (TPSA) is 72.7 Å². The fourth-order valence-corrected chi connectivity index (χ4v) is 4.14. The molecular weight excluding hydrogens is 370 g/mol. The molecule has 0 spiro atoms. The standard InChI is InChI=1S/C21H23N5OS/c1-28-21-17(8-5-12-22-21)20(27)23-16-9-10-18-24-25-19(26(18)13-11-16)14-15-6-3-2-4-7-15/h2-8,12,16H,9-11,13-14H2,1H3,(H,23,27). The van der Waals surface area contributed by atoms with Gasteiger partial charge in [0.25, 0.3) is 5.91 Å². The van der Waals surface area contributed by atoms with E-state index in [2.05, 4.69) is 37.2 Å². The van der Waals surface area contributed by atoms with Gasteiger partial charge < -0.3 is 9.88 Å². The number of benzene rings is 1. The number of amides is 1. The number of carbonyl (C=O) groups is 1. The number of pyridine rings is 1. The summed E-state index contributed by atoms with van der Waals surface area (Å²) in [5.74, 6) is 1.95. The summed E-state index contributed by atoms with van der Waals surface area (Å²) in [5, 5.41) is 12.8. The second-order valence-electron chi connectivity index (χ2n) is 6.90. The highest BCUT2D eigenvalue weighted by Gasteiger charge is 2.22. The molecule has 0 bridgehead atoms. The number of aromatic nitrogens is 4. The number of hydrogen-bond acceptors (Lipinski definition) is 5. The maximum Gasteiger partial charge on any atom is 0.254 e. The van der Waals surface area contributed by atoms with Gasteiger partial charge in [0.1, 0.15) is 16.7 Å².